The Labute approximate surface area is 229 Å². The summed E-state index contributed by atoms with van der Waals surface area (Å²) in [5.74, 6) is -1.97. The molecule has 4 aromatic carbocycles. The molecule has 0 spiro atoms. The standard InChI is InChI=1S/C32H31F2NO3S/c1-39(36,37)38-35-32(30(22-33)28-16-12-26(13-17-28)20-24-8-4-2-5-9-24)31(23-34)29-18-14-27(15-19-29)21-25-10-6-3-7-11-25/h2-19,30-31H,20-23H2,1H3. The van der Waals surface area contributed by atoms with Crippen LogP contribution in [0, 0.1) is 0 Å². The summed E-state index contributed by atoms with van der Waals surface area (Å²) < 4.78 is 57.4. The van der Waals surface area contributed by atoms with Gasteiger partial charge in [-0.05, 0) is 46.2 Å². The summed E-state index contributed by atoms with van der Waals surface area (Å²) in [6.45, 7) is -1.79. The summed E-state index contributed by atoms with van der Waals surface area (Å²) in [6, 6.07) is 34.6. The van der Waals surface area contributed by atoms with Gasteiger partial charge in [-0.3, -0.25) is 13.1 Å². The topological polar surface area (TPSA) is 55.7 Å². The van der Waals surface area contributed by atoms with E-state index in [0.29, 0.717) is 24.0 Å². The van der Waals surface area contributed by atoms with Gasteiger partial charge in [-0.2, -0.15) is 8.42 Å². The Bertz CT molecular complexity index is 1360. The van der Waals surface area contributed by atoms with Crippen LogP contribution in [-0.2, 0) is 27.2 Å². The highest BCUT2D eigenvalue weighted by molar-refractivity contribution is 7.85. The Morgan fingerprint density at radius 3 is 1.33 bits per heavy atom. The molecule has 4 rings (SSSR count). The number of oxime groups is 1. The second-order valence-corrected chi connectivity index (χ2v) is 11.1. The van der Waals surface area contributed by atoms with Crippen molar-refractivity contribution in [2.24, 2.45) is 5.16 Å². The molecule has 0 amide bonds. The SMILES string of the molecule is CS(=O)(=O)ON=C(C(CF)c1ccc(Cc2ccccc2)cc1)C(CF)c1ccc(Cc2ccccc2)cc1. The molecule has 0 heterocycles. The second-order valence-electron chi connectivity index (χ2n) is 9.52. The number of benzene rings is 4. The average Bonchev–Trinajstić information content (AvgIpc) is 2.94. The maximum absolute atomic E-state index is 14.6. The van der Waals surface area contributed by atoms with Gasteiger partial charge in [-0.1, -0.05) is 114 Å². The first kappa shape index (κ1) is 28.2. The van der Waals surface area contributed by atoms with Crippen LogP contribution in [0.15, 0.2) is 114 Å². The van der Waals surface area contributed by atoms with Crippen LogP contribution in [0.4, 0.5) is 8.78 Å². The third kappa shape index (κ3) is 8.07. The predicted octanol–water partition coefficient (Wildman–Crippen LogP) is 7.01. The Balaban J connectivity index is 1.62. The van der Waals surface area contributed by atoms with Gasteiger partial charge in [0.15, 0.2) is 0 Å². The molecule has 4 aromatic rings. The molecule has 202 valence electrons. The molecule has 0 aliphatic heterocycles. The van der Waals surface area contributed by atoms with Gasteiger partial charge in [-0.15, -0.1) is 0 Å². The number of rotatable bonds is 12. The third-order valence-electron chi connectivity index (χ3n) is 6.57. The van der Waals surface area contributed by atoms with E-state index < -0.39 is 35.3 Å². The summed E-state index contributed by atoms with van der Waals surface area (Å²) in [5, 5.41) is 3.82. The molecule has 0 saturated heterocycles. The minimum atomic E-state index is -3.98. The molecule has 0 radical (unpaired) electrons. The highest BCUT2D eigenvalue weighted by atomic mass is 32.2. The monoisotopic (exact) mass is 547 g/mol. The van der Waals surface area contributed by atoms with Gasteiger partial charge in [-0.25, -0.2) is 0 Å². The van der Waals surface area contributed by atoms with Crippen LogP contribution in [0.1, 0.15) is 45.2 Å². The van der Waals surface area contributed by atoms with Crippen molar-refractivity contribution < 1.29 is 21.5 Å². The van der Waals surface area contributed by atoms with Gasteiger partial charge in [0, 0.05) is 0 Å². The van der Waals surface area contributed by atoms with Crippen molar-refractivity contribution in [3.05, 3.63) is 143 Å². The fourth-order valence-corrected chi connectivity index (χ4v) is 4.78. The lowest BCUT2D eigenvalue weighted by molar-refractivity contribution is 0.333. The molecule has 4 nitrogen and oxygen atoms in total. The molecule has 0 bridgehead atoms. The molecule has 2 atom stereocenters. The lowest BCUT2D eigenvalue weighted by atomic mass is 9.83. The summed E-state index contributed by atoms with van der Waals surface area (Å²) in [6.07, 6.45) is 2.27. The minimum absolute atomic E-state index is 0.0166. The van der Waals surface area contributed by atoms with Crippen LogP contribution in [0.5, 0.6) is 0 Å². The van der Waals surface area contributed by atoms with Gasteiger partial charge in [0.1, 0.15) is 13.3 Å². The maximum Gasteiger partial charge on any atom is 0.325 e. The third-order valence-corrected chi connectivity index (χ3v) is 6.91. The van der Waals surface area contributed by atoms with Crippen LogP contribution in [-0.4, -0.2) is 33.7 Å². The van der Waals surface area contributed by atoms with Crippen molar-refractivity contribution in [1.29, 1.82) is 0 Å². The first-order valence-electron chi connectivity index (χ1n) is 12.7. The zero-order valence-corrected chi connectivity index (χ0v) is 22.5. The summed E-state index contributed by atoms with van der Waals surface area (Å²) >= 11 is 0. The number of hydrogen-bond donors (Lipinski definition) is 0. The van der Waals surface area contributed by atoms with Gasteiger partial charge >= 0.3 is 10.1 Å². The number of nitrogens with zero attached hydrogens (tertiary/aromatic N) is 1. The van der Waals surface area contributed by atoms with Crippen LogP contribution < -0.4 is 0 Å². The van der Waals surface area contributed by atoms with E-state index in [1.165, 1.54) is 0 Å². The zero-order valence-electron chi connectivity index (χ0n) is 21.7. The Morgan fingerprint density at radius 2 is 1.00 bits per heavy atom. The van der Waals surface area contributed by atoms with Gasteiger partial charge in [0.25, 0.3) is 0 Å². The molecule has 7 heteroatoms. The second kappa shape index (κ2) is 13.3. The summed E-state index contributed by atoms with van der Waals surface area (Å²) in [4.78, 5) is 0. The molecule has 0 aliphatic carbocycles. The number of hydrogen-bond acceptors (Lipinski definition) is 4. The van der Waals surface area contributed by atoms with Crippen molar-refractivity contribution in [3.63, 3.8) is 0 Å². The van der Waals surface area contributed by atoms with Crippen molar-refractivity contribution in [2.45, 2.75) is 24.7 Å². The van der Waals surface area contributed by atoms with Gasteiger partial charge in [0.05, 0.1) is 23.8 Å². The lowest BCUT2D eigenvalue weighted by Gasteiger charge is -2.23. The van der Waals surface area contributed by atoms with Crippen LogP contribution in [0.3, 0.4) is 0 Å². The molecule has 0 saturated carbocycles. The fraction of sp³-hybridized carbons (Fsp3) is 0.219. The van der Waals surface area contributed by atoms with E-state index in [-0.39, 0.29) is 5.71 Å². The molecule has 0 aliphatic rings. The number of alkyl halides is 2. The van der Waals surface area contributed by atoms with Crippen molar-refractivity contribution >= 4 is 15.8 Å². The molecular formula is C32H31F2NO3S. The van der Waals surface area contributed by atoms with E-state index in [9.17, 15) is 17.2 Å². The Hall–Kier alpha value is -3.84. The number of halogens is 2. The van der Waals surface area contributed by atoms with E-state index in [2.05, 4.69) is 5.16 Å². The van der Waals surface area contributed by atoms with Gasteiger partial charge < -0.3 is 0 Å². The molecule has 0 aromatic heterocycles. The van der Waals surface area contributed by atoms with Crippen molar-refractivity contribution in [3.8, 4) is 0 Å². The van der Waals surface area contributed by atoms with Crippen molar-refractivity contribution in [2.75, 3.05) is 19.6 Å². The van der Waals surface area contributed by atoms with E-state index in [1.807, 2.05) is 84.9 Å². The highest BCUT2D eigenvalue weighted by Gasteiger charge is 2.29. The molecule has 0 fully saturated rings. The predicted molar refractivity (Wildman–Crippen MR) is 152 cm³/mol. The van der Waals surface area contributed by atoms with Gasteiger partial charge in [0.2, 0.25) is 0 Å². The Kier molecular flexibility index (Phi) is 9.60. The first-order chi connectivity index (χ1) is 18.9. The molecule has 0 N–H and O–H groups in total. The van der Waals surface area contributed by atoms with Crippen LogP contribution in [0.25, 0.3) is 0 Å². The molecule has 2 unspecified atom stereocenters. The normalized spacial score (nSPS) is 12.9. The fourth-order valence-electron chi connectivity index (χ4n) is 4.56. The highest BCUT2D eigenvalue weighted by Crippen LogP contribution is 2.30. The lowest BCUT2D eigenvalue weighted by Crippen LogP contribution is -2.25. The maximum atomic E-state index is 14.6. The quantitative estimate of drug-likeness (QED) is 0.142. The van der Waals surface area contributed by atoms with Crippen molar-refractivity contribution in [1.82, 2.24) is 0 Å². The summed E-state index contributed by atoms with van der Waals surface area (Å²) in [7, 11) is -3.98. The van der Waals surface area contributed by atoms with E-state index >= 15 is 0 Å². The largest absolute Gasteiger partial charge is 0.325 e. The Morgan fingerprint density at radius 1 is 0.641 bits per heavy atom. The van der Waals surface area contributed by atoms with Crippen LogP contribution in [0.2, 0.25) is 0 Å². The van der Waals surface area contributed by atoms with Crippen LogP contribution >= 0.6 is 0 Å². The smallest absolute Gasteiger partial charge is 0.269 e. The summed E-state index contributed by atoms with van der Waals surface area (Å²) in [5.41, 5.74) is 5.45. The zero-order chi connectivity index (χ0) is 27.7. The van der Waals surface area contributed by atoms with E-state index in [0.717, 1.165) is 28.5 Å². The molecule has 39 heavy (non-hydrogen) atoms. The molecular weight excluding hydrogens is 516 g/mol. The van der Waals surface area contributed by atoms with E-state index in [4.69, 9.17) is 4.28 Å². The minimum Gasteiger partial charge on any atom is -0.269 e. The average molecular weight is 548 g/mol. The first-order valence-corrected chi connectivity index (χ1v) is 14.5. The van der Waals surface area contributed by atoms with E-state index in [1.54, 1.807) is 24.3 Å².